The summed E-state index contributed by atoms with van der Waals surface area (Å²) in [5.74, 6) is 0.644. The number of aryl methyl sites for hydroxylation is 1. The summed E-state index contributed by atoms with van der Waals surface area (Å²) in [5, 5.41) is 0. The van der Waals surface area contributed by atoms with Crippen LogP contribution in [0, 0.1) is 12.8 Å². The fourth-order valence-electron chi connectivity index (χ4n) is 4.86. The van der Waals surface area contributed by atoms with Crippen LogP contribution in [0.2, 0.25) is 0 Å². The first-order valence-corrected chi connectivity index (χ1v) is 10.3. The summed E-state index contributed by atoms with van der Waals surface area (Å²) in [6.45, 7) is 6.12. The van der Waals surface area contributed by atoms with E-state index in [1.54, 1.807) is 0 Å². The third kappa shape index (κ3) is 3.27. The normalized spacial score (nSPS) is 30.9. The van der Waals surface area contributed by atoms with Crippen molar-refractivity contribution in [2.45, 2.75) is 64.1 Å². The molecule has 0 unspecified atom stereocenters. The number of carbonyl (C=O) groups is 2. The molecule has 2 aliphatic heterocycles. The third-order valence-electron chi connectivity index (χ3n) is 6.61. The Morgan fingerprint density at radius 1 is 1.11 bits per heavy atom. The Kier molecular flexibility index (Phi) is 4.97. The molecule has 0 N–H and O–H groups in total. The van der Waals surface area contributed by atoms with E-state index in [9.17, 15) is 9.59 Å². The van der Waals surface area contributed by atoms with Crippen molar-refractivity contribution in [1.82, 2.24) is 9.80 Å². The first kappa shape index (κ1) is 18.5. The molecule has 3 fully saturated rings. The van der Waals surface area contributed by atoms with Crippen LogP contribution >= 0.6 is 0 Å². The molecule has 1 saturated carbocycles. The van der Waals surface area contributed by atoms with E-state index in [1.165, 1.54) is 0 Å². The molecule has 2 saturated heterocycles. The number of nitrogens with zero attached hydrogens (tertiary/aromatic N) is 2. The smallest absolute Gasteiger partial charge is 0.257 e. The molecule has 1 aromatic carbocycles. The van der Waals surface area contributed by atoms with Crippen molar-refractivity contribution >= 4 is 11.8 Å². The Labute approximate surface area is 161 Å². The number of rotatable bonds is 2. The van der Waals surface area contributed by atoms with Crippen LogP contribution in [0.5, 0.6) is 0 Å². The molecule has 27 heavy (non-hydrogen) atoms. The molecule has 1 aliphatic carbocycles. The van der Waals surface area contributed by atoms with E-state index in [1.807, 2.05) is 41.0 Å². The molecule has 0 radical (unpaired) electrons. The number of benzene rings is 1. The molecule has 4 rings (SSSR count). The lowest BCUT2D eigenvalue weighted by Crippen LogP contribution is -2.57. The lowest BCUT2D eigenvalue weighted by molar-refractivity contribution is -0.136. The molecule has 1 atom stereocenters. The van der Waals surface area contributed by atoms with E-state index < -0.39 is 11.8 Å². The molecule has 0 bridgehead atoms. The van der Waals surface area contributed by atoms with Gasteiger partial charge in [0.05, 0.1) is 6.61 Å². The zero-order valence-electron chi connectivity index (χ0n) is 16.4. The average molecular weight is 370 g/mol. The summed E-state index contributed by atoms with van der Waals surface area (Å²) in [4.78, 5) is 30.6. The number of ether oxygens (including phenoxy) is 1. The highest BCUT2D eigenvalue weighted by molar-refractivity contribution is 5.99. The van der Waals surface area contributed by atoms with Crippen LogP contribution in [0.1, 0.15) is 61.4 Å². The van der Waals surface area contributed by atoms with E-state index in [4.69, 9.17) is 4.74 Å². The van der Waals surface area contributed by atoms with Crippen LogP contribution in [-0.2, 0) is 9.53 Å². The molecular weight excluding hydrogens is 340 g/mol. The maximum absolute atomic E-state index is 13.6. The average Bonchev–Trinajstić information content (AvgIpc) is 3.32. The van der Waals surface area contributed by atoms with Crippen molar-refractivity contribution in [2.75, 3.05) is 19.7 Å². The van der Waals surface area contributed by atoms with Crippen molar-refractivity contribution < 1.29 is 14.3 Å². The fraction of sp³-hybridized carbons (Fsp3) is 0.636. The van der Waals surface area contributed by atoms with Gasteiger partial charge in [0.1, 0.15) is 11.8 Å². The maximum Gasteiger partial charge on any atom is 0.257 e. The molecule has 2 amide bonds. The van der Waals surface area contributed by atoms with Crippen LogP contribution in [0.25, 0.3) is 0 Å². The first-order valence-electron chi connectivity index (χ1n) is 10.3. The molecule has 3 aliphatic rings. The molecular formula is C22H30N2O3. The Bertz CT molecular complexity index is 718. The van der Waals surface area contributed by atoms with Gasteiger partial charge in [0.15, 0.2) is 0 Å². The predicted octanol–water partition coefficient (Wildman–Crippen LogP) is 3.36. The van der Waals surface area contributed by atoms with Crippen molar-refractivity contribution in [3.8, 4) is 0 Å². The Morgan fingerprint density at radius 3 is 2.44 bits per heavy atom. The number of hydrogen-bond acceptors (Lipinski definition) is 3. The molecule has 1 spiro atoms. The van der Waals surface area contributed by atoms with Gasteiger partial charge in [-0.3, -0.25) is 14.5 Å². The van der Waals surface area contributed by atoms with Gasteiger partial charge in [0, 0.05) is 18.7 Å². The van der Waals surface area contributed by atoms with E-state index in [-0.39, 0.29) is 11.8 Å². The summed E-state index contributed by atoms with van der Waals surface area (Å²) in [6, 6.07) is 7.16. The third-order valence-corrected chi connectivity index (χ3v) is 6.61. The topological polar surface area (TPSA) is 49.9 Å². The van der Waals surface area contributed by atoms with Gasteiger partial charge >= 0.3 is 0 Å². The monoisotopic (exact) mass is 370 g/mol. The van der Waals surface area contributed by atoms with Crippen LogP contribution in [-0.4, -0.2) is 53.1 Å². The summed E-state index contributed by atoms with van der Waals surface area (Å²) in [5.41, 5.74) is 1.01. The second-order valence-electron chi connectivity index (χ2n) is 8.48. The summed E-state index contributed by atoms with van der Waals surface area (Å²) in [7, 11) is 0. The number of hydrogen-bond donors (Lipinski definition) is 0. The van der Waals surface area contributed by atoms with Crippen molar-refractivity contribution in [1.29, 1.82) is 0 Å². The highest BCUT2D eigenvalue weighted by Gasteiger charge is 2.54. The standard InChI is InChI=1S/C22H30N2O3/c1-16-9-11-22(12-10-16)24(20(25)18-8-4-3-7-17(18)2)19(15-27-22)21(26)23-13-5-6-14-23/h3-4,7-8,16,19H,5-6,9-15H2,1-2H3/t16?,19-,22?/m1/s1. The second-order valence-corrected chi connectivity index (χ2v) is 8.48. The second kappa shape index (κ2) is 7.27. The lowest BCUT2D eigenvalue weighted by atomic mass is 9.83. The summed E-state index contributed by atoms with van der Waals surface area (Å²) in [6.07, 6.45) is 5.79. The minimum absolute atomic E-state index is 0.0577. The quantitative estimate of drug-likeness (QED) is 0.802. The van der Waals surface area contributed by atoms with Gasteiger partial charge in [0.2, 0.25) is 5.91 Å². The zero-order valence-corrected chi connectivity index (χ0v) is 16.4. The van der Waals surface area contributed by atoms with Gasteiger partial charge in [-0.05, 0) is 63.0 Å². The van der Waals surface area contributed by atoms with Crippen molar-refractivity contribution in [3.05, 3.63) is 35.4 Å². The Hall–Kier alpha value is -1.88. The fourth-order valence-corrected chi connectivity index (χ4v) is 4.86. The minimum atomic E-state index is -0.619. The zero-order chi connectivity index (χ0) is 19.0. The van der Waals surface area contributed by atoms with E-state index in [0.29, 0.717) is 18.1 Å². The van der Waals surface area contributed by atoms with Crippen molar-refractivity contribution in [3.63, 3.8) is 0 Å². The van der Waals surface area contributed by atoms with E-state index in [2.05, 4.69) is 6.92 Å². The first-order chi connectivity index (χ1) is 13.0. The summed E-state index contributed by atoms with van der Waals surface area (Å²) < 4.78 is 6.28. The van der Waals surface area contributed by atoms with Gasteiger partial charge < -0.3 is 9.64 Å². The lowest BCUT2D eigenvalue weighted by Gasteiger charge is -2.43. The van der Waals surface area contributed by atoms with Crippen LogP contribution in [0.4, 0.5) is 0 Å². The molecule has 146 valence electrons. The van der Waals surface area contributed by atoms with E-state index >= 15 is 0 Å². The molecule has 1 aromatic rings. The highest BCUT2D eigenvalue weighted by Crippen LogP contribution is 2.43. The van der Waals surface area contributed by atoms with Gasteiger partial charge in [-0.1, -0.05) is 25.1 Å². The Morgan fingerprint density at radius 2 is 1.78 bits per heavy atom. The molecule has 5 heteroatoms. The van der Waals surface area contributed by atoms with Gasteiger partial charge in [0.25, 0.3) is 5.91 Å². The van der Waals surface area contributed by atoms with Gasteiger partial charge in [-0.2, -0.15) is 0 Å². The van der Waals surface area contributed by atoms with Crippen molar-refractivity contribution in [2.24, 2.45) is 5.92 Å². The molecule has 0 aromatic heterocycles. The number of likely N-dealkylation sites (tertiary alicyclic amines) is 1. The van der Waals surface area contributed by atoms with E-state index in [0.717, 1.165) is 57.2 Å². The number of amides is 2. The maximum atomic E-state index is 13.6. The molecule has 2 heterocycles. The number of carbonyl (C=O) groups excluding carboxylic acids is 2. The largest absolute Gasteiger partial charge is 0.353 e. The van der Waals surface area contributed by atoms with Crippen LogP contribution < -0.4 is 0 Å². The minimum Gasteiger partial charge on any atom is -0.353 e. The predicted molar refractivity (Wildman–Crippen MR) is 103 cm³/mol. The Balaban J connectivity index is 1.68. The SMILES string of the molecule is Cc1ccccc1C(=O)N1[C@@H](C(=O)N2CCCC2)COC12CCC(C)CC2. The van der Waals surface area contributed by atoms with Crippen LogP contribution in [0.3, 0.4) is 0 Å². The van der Waals surface area contributed by atoms with Gasteiger partial charge in [-0.15, -0.1) is 0 Å². The highest BCUT2D eigenvalue weighted by atomic mass is 16.5. The van der Waals surface area contributed by atoms with Gasteiger partial charge in [-0.25, -0.2) is 0 Å². The summed E-state index contributed by atoms with van der Waals surface area (Å²) >= 11 is 0. The molecule has 5 nitrogen and oxygen atoms in total. The van der Waals surface area contributed by atoms with Crippen LogP contribution in [0.15, 0.2) is 24.3 Å².